The third-order valence-corrected chi connectivity index (χ3v) is 6.40. The molecule has 0 atom stereocenters. The van der Waals surface area contributed by atoms with E-state index in [1.165, 1.54) is 28.6 Å². The van der Waals surface area contributed by atoms with Crippen molar-refractivity contribution >= 4 is 27.7 Å². The molecule has 0 spiro atoms. The van der Waals surface area contributed by atoms with Gasteiger partial charge in [-0.3, -0.25) is 25.2 Å². The van der Waals surface area contributed by atoms with Crippen LogP contribution in [-0.2, 0) is 19.6 Å². The van der Waals surface area contributed by atoms with Gasteiger partial charge >= 0.3 is 0 Å². The summed E-state index contributed by atoms with van der Waals surface area (Å²) in [5.41, 5.74) is 4.98. The highest BCUT2D eigenvalue weighted by Crippen LogP contribution is 2.17. The van der Waals surface area contributed by atoms with Crippen LogP contribution in [0.25, 0.3) is 0 Å². The Labute approximate surface area is 179 Å². The minimum Gasteiger partial charge on any atom is -0.379 e. The number of nitrogens with one attached hydrogen (secondary N) is 3. The maximum atomic E-state index is 12.6. The molecule has 0 bridgehead atoms. The Kier molecular flexibility index (Phi) is 7.34. The van der Waals surface area contributed by atoms with Crippen molar-refractivity contribution in [3.63, 3.8) is 0 Å². The summed E-state index contributed by atoms with van der Waals surface area (Å²) in [7, 11) is -3.66. The van der Waals surface area contributed by atoms with Gasteiger partial charge in [0.15, 0.2) is 0 Å². The Balaban J connectivity index is 1.49. The average Bonchev–Trinajstić information content (AvgIpc) is 2.82. The topological polar surface area (TPSA) is 134 Å². The first kappa shape index (κ1) is 22.4. The van der Waals surface area contributed by atoms with E-state index >= 15 is 0 Å². The van der Waals surface area contributed by atoms with Gasteiger partial charge in [0.2, 0.25) is 10.0 Å². The molecule has 1 aliphatic heterocycles. The zero-order chi connectivity index (χ0) is 22.3. The van der Waals surface area contributed by atoms with E-state index in [9.17, 15) is 22.8 Å². The molecule has 3 N–H and O–H groups in total. The number of amides is 3. The number of sulfonamides is 1. The molecule has 0 saturated carbocycles. The molecule has 2 aromatic carbocycles. The maximum absolute atomic E-state index is 12.6. The van der Waals surface area contributed by atoms with E-state index in [2.05, 4.69) is 16.2 Å². The molecule has 0 unspecified atom stereocenters. The first-order valence-corrected chi connectivity index (χ1v) is 10.9. The van der Waals surface area contributed by atoms with Crippen LogP contribution < -0.4 is 16.2 Å². The van der Waals surface area contributed by atoms with Crippen LogP contribution in [0.1, 0.15) is 20.7 Å². The van der Waals surface area contributed by atoms with Gasteiger partial charge in [-0.2, -0.15) is 4.31 Å². The molecule has 2 aromatic rings. The summed E-state index contributed by atoms with van der Waals surface area (Å²) in [5, 5.41) is 2.43. The fourth-order valence-corrected chi connectivity index (χ4v) is 4.22. The van der Waals surface area contributed by atoms with E-state index in [4.69, 9.17) is 4.74 Å². The number of nitrogens with zero attached hydrogens (tertiary/aromatic N) is 1. The lowest BCUT2D eigenvalue weighted by atomic mass is 10.2. The summed E-state index contributed by atoms with van der Waals surface area (Å²) in [4.78, 5) is 36.0. The summed E-state index contributed by atoms with van der Waals surface area (Å²) < 4.78 is 31.7. The normalized spacial score (nSPS) is 14.5. The number of carbonyl (C=O) groups excluding carboxylic acids is 3. The smallest absolute Gasteiger partial charge is 0.269 e. The SMILES string of the molecule is O=C(CNC(=O)c1ccccc1)NNC(=O)c1ccc(S(=O)(=O)N2CCOCC2)cc1. The van der Waals surface area contributed by atoms with Crippen LogP contribution in [0, 0.1) is 0 Å². The van der Waals surface area contributed by atoms with Crippen LogP contribution in [0.4, 0.5) is 0 Å². The Morgan fingerprint density at radius 2 is 1.45 bits per heavy atom. The van der Waals surface area contributed by atoms with Gasteiger partial charge in [-0.05, 0) is 36.4 Å². The second-order valence-electron chi connectivity index (χ2n) is 6.59. The van der Waals surface area contributed by atoms with E-state index in [1.807, 2.05) is 0 Å². The van der Waals surface area contributed by atoms with Crippen LogP contribution in [0.3, 0.4) is 0 Å². The molecule has 0 radical (unpaired) electrons. The molecule has 1 fully saturated rings. The lowest BCUT2D eigenvalue weighted by molar-refractivity contribution is -0.120. The minimum atomic E-state index is -3.66. The van der Waals surface area contributed by atoms with Crippen molar-refractivity contribution < 1.29 is 27.5 Å². The average molecular weight is 446 g/mol. The predicted molar refractivity (Wildman–Crippen MR) is 110 cm³/mol. The van der Waals surface area contributed by atoms with Crippen molar-refractivity contribution in [3.05, 3.63) is 65.7 Å². The van der Waals surface area contributed by atoms with E-state index in [-0.39, 0.29) is 30.1 Å². The summed E-state index contributed by atoms with van der Waals surface area (Å²) in [6, 6.07) is 13.8. The Bertz CT molecular complexity index is 1040. The van der Waals surface area contributed by atoms with Gasteiger partial charge in [0.25, 0.3) is 17.7 Å². The molecular weight excluding hydrogens is 424 g/mol. The monoisotopic (exact) mass is 446 g/mol. The Morgan fingerprint density at radius 3 is 2.10 bits per heavy atom. The van der Waals surface area contributed by atoms with E-state index in [1.54, 1.807) is 30.3 Å². The number of ether oxygens (including phenoxy) is 1. The van der Waals surface area contributed by atoms with Gasteiger partial charge in [0.1, 0.15) is 0 Å². The molecule has 0 aromatic heterocycles. The Hall–Kier alpha value is -3.28. The number of morpholine rings is 1. The van der Waals surface area contributed by atoms with Crippen LogP contribution in [0.5, 0.6) is 0 Å². The molecule has 31 heavy (non-hydrogen) atoms. The first-order valence-electron chi connectivity index (χ1n) is 9.48. The molecular formula is C20H22N4O6S. The molecule has 3 rings (SSSR count). The Morgan fingerprint density at radius 1 is 0.839 bits per heavy atom. The highest BCUT2D eigenvalue weighted by molar-refractivity contribution is 7.89. The van der Waals surface area contributed by atoms with Crippen molar-refractivity contribution in [2.45, 2.75) is 4.90 Å². The highest BCUT2D eigenvalue weighted by Gasteiger charge is 2.26. The third kappa shape index (κ3) is 5.87. The number of benzene rings is 2. The summed E-state index contributed by atoms with van der Waals surface area (Å²) in [5.74, 6) is -1.67. The van der Waals surface area contributed by atoms with Crippen LogP contribution in [-0.4, -0.2) is 63.3 Å². The van der Waals surface area contributed by atoms with Gasteiger partial charge < -0.3 is 10.1 Å². The summed E-state index contributed by atoms with van der Waals surface area (Å²) in [6.07, 6.45) is 0. The fourth-order valence-electron chi connectivity index (χ4n) is 2.81. The number of rotatable bonds is 6. The molecule has 10 nitrogen and oxygen atoms in total. The van der Waals surface area contributed by atoms with Crippen molar-refractivity contribution in [3.8, 4) is 0 Å². The highest BCUT2D eigenvalue weighted by atomic mass is 32.2. The molecule has 0 aliphatic carbocycles. The molecule has 1 saturated heterocycles. The molecule has 11 heteroatoms. The zero-order valence-corrected chi connectivity index (χ0v) is 17.4. The molecule has 1 heterocycles. The van der Waals surface area contributed by atoms with Crippen molar-refractivity contribution in [2.75, 3.05) is 32.8 Å². The van der Waals surface area contributed by atoms with Crippen molar-refractivity contribution in [2.24, 2.45) is 0 Å². The molecule has 3 amide bonds. The van der Waals surface area contributed by atoms with Crippen LogP contribution >= 0.6 is 0 Å². The lowest BCUT2D eigenvalue weighted by Gasteiger charge is -2.26. The standard InChI is InChI=1S/C20H22N4O6S/c25-18(14-21-19(26)15-4-2-1-3-5-15)22-23-20(27)16-6-8-17(9-7-16)31(28,29)24-10-12-30-13-11-24/h1-9H,10-14H2,(H,21,26)(H,22,25)(H,23,27). The number of hydrogen-bond donors (Lipinski definition) is 3. The summed E-state index contributed by atoms with van der Waals surface area (Å²) >= 11 is 0. The fraction of sp³-hybridized carbons (Fsp3) is 0.250. The number of carbonyl (C=O) groups is 3. The van der Waals surface area contributed by atoms with Gasteiger partial charge in [0.05, 0.1) is 24.7 Å². The van der Waals surface area contributed by atoms with Crippen LogP contribution in [0.2, 0.25) is 0 Å². The van der Waals surface area contributed by atoms with Gasteiger partial charge in [-0.25, -0.2) is 8.42 Å². The lowest BCUT2D eigenvalue weighted by Crippen LogP contribution is -2.46. The van der Waals surface area contributed by atoms with Crippen molar-refractivity contribution in [1.29, 1.82) is 0 Å². The summed E-state index contributed by atoms with van der Waals surface area (Å²) in [6.45, 7) is 0.899. The third-order valence-electron chi connectivity index (χ3n) is 4.49. The van der Waals surface area contributed by atoms with E-state index in [0.717, 1.165) is 0 Å². The maximum Gasteiger partial charge on any atom is 0.269 e. The second kappa shape index (κ2) is 10.2. The molecule has 1 aliphatic rings. The van der Waals surface area contributed by atoms with Crippen molar-refractivity contribution in [1.82, 2.24) is 20.5 Å². The predicted octanol–water partition coefficient (Wildman–Crippen LogP) is -0.101. The quantitative estimate of drug-likeness (QED) is 0.531. The zero-order valence-electron chi connectivity index (χ0n) is 16.5. The van der Waals surface area contributed by atoms with E-state index in [0.29, 0.717) is 18.8 Å². The van der Waals surface area contributed by atoms with E-state index < -0.39 is 27.7 Å². The van der Waals surface area contributed by atoms with Gasteiger partial charge in [-0.15, -0.1) is 0 Å². The molecule has 164 valence electrons. The second-order valence-corrected chi connectivity index (χ2v) is 8.53. The minimum absolute atomic E-state index is 0.0682. The number of hydrazine groups is 1. The first-order chi connectivity index (χ1) is 14.9. The van der Waals surface area contributed by atoms with Gasteiger partial charge in [-0.1, -0.05) is 18.2 Å². The van der Waals surface area contributed by atoms with Gasteiger partial charge in [0, 0.05) is 24.2 Å². The van der Waals surface area contributed by atoms with Crippen LogP contribution in [0.15, 0.2) is 59.5 Å². The number of hydrogen-bond acceptors (Lipinski definition) is 6. The largest absolute Gasteiger partial charge is 0.379 e.